The van der Waals surface area contributed by atoms with E-state index in [0.29, 0.717) is 27.6 Å². The van der Waals surface area contributed by atoms with Gasteiger partial charge in [0.2, 0.25) is 0 Å². The molecule has 0 radical (unpaired) electrons. The molecule has 6 rings (SSSR count). The zero-order valence-electron chi connectivity index (χ0n) is 24.6. The van der Waals surface area contributed by atoms with Gasteiger partial charge in [-0.1, -0.05) is 18.2 Å². The number of hydrogen-bond acceptors (Lipinski definition) is 7. The molecular formula is C32H26F6N4O3S2. The second kappa shape index (κ2) is 13.1. The number of rotatable bonds is 7. The number of likely N-dealkylation sites (tertiary alicyclic amines) is 1. The number of nitrogens with zero attached hydrogens (tertiary/aromatic N) is 3. The molecule has 1 N–H and O–H groups in total. The van der Waals surface area contributed by atoms with Crippen molar-refractivity contribution >= 4 is 40.2 Å². The fraction of sp³-hybridized carbons (Fsp3) is 0.281. The van der Waals surface area contributed by atoms with Crippen molar-refractivity contribution in [3.8, 4) is 22.1 Å². The number of nitrogens with one attached hydrogen (secondary N) is 1. The van der Waals surface area contributed by atoms with Crippen LogP contribution in [-0.2, 0) is 23.8 Å². The highest BCUT2D eigenvalue weighted by Crippen LogP contribution is 2.39. The summed E-state index contributed by atoms with van der Waals surface area (Å²) in [5.74, 6) is 0.174. The molecule has 1 saturated heterocycles. The number of aromatic amines is 1. The zero-order chi connectivity index (χ0) is 33.3. The van der Waals surface area contributed by atoms with Gasteiger partial charge >= 0.3 is 12.4 Å². The van der Waals surface area contributed by atoms with Crippen LogP contribution in [0.2, 0.25) is 0 Å². The Kier molecular flexibility index (Phi) is 9.12. The number of benzene rings is 2. The molecule has 1 amide bonds. The van der Waals surface area contributed by atoms with E-state index < -0.39 is 35.6 Å². The summed E-state index contributed by atoms with van der Waals surface area (Å²) < 4.78 is 90.6. The fourth-order valence-corrected chi connectivity index (χ4v) is 7.01. The van der Waals surface area contributed by atoms with E-state index in [1.165, 1.54) is 24.9 Å². The number of amides is 1. The largest absolute Gasteiger partial charge is 0.493 e. The number of carbonyl (C=O) groups excluding carboxylic acids is 1. The average molecular weight is 693 g/mol. The van der Waals surface area contributed by atoms with Crippen molar-refractivity contribution in [2.45, 2.75) is 37.7 Å². The van der Waals surface area contributed by atoms with Gasteiger partial charge in [0.15, 0.2) is 16.7 Å². The van der Waals surface area contributed by atoms with Gasteiger partial charge < -0.3 is 14.4 Å². The molecule has 0 atom stereocenters. The summed E-state index contributed by atoms with van der Waals surface area (Å²) >= 11 is 2.90. The molecular weight excluding hydrogens is 666 g/mol. The maximum absolute atomic E-state index is 13.5. The number of carbonyl (C=O) groups is 1. The monoisotopic (exact) mass is 692 g/mol. The maximum atomic E-state index is 13.5. The molecule has 0 saturated carbocycles. The minimum atomic E-state index is -5.02. The van der Waals surface area contributed by atoms with E-state index in [2.05, 4.69) is 26.2 Å². The number of thioether (sulfide) groups is 1. The van der Waals surface area contributed by atoms with Crippen LogP contribution in [0.3, 0.4) is 0 Å². The smallest absolute Gasteiger partial charge is 0.416 e. The first-order chi connectivity index (χ1) is 22.4. The van der Waals surface area contributed by atoms with Crippen LogP contribution in [0.15, 0.2) is 69.9 Å². The number of thiophene rings is 1. The molecule has 4 heterocycles. The van der Waals surface area contributed by atoms with Crippen LogP contribution in [0.5, 0.6) is 11.5 Å². The lowest BCUT2D eigenvalue weighted by molar-refractivity contribution is -0.143. The zero-order valence-corrected chi connectivity index (χ0v) is 26.2. The Morgan fingerprint density at radius 3 is 2.47 bits per heavy atom. The average Bonchev–Trinajstić information content (AvgIpc) is 3.82. The van der Waals surface area contributed by atoms with Crippen molar-refractivity contribution in [2.75, 3.05) is 20.2 Å². The van der Waals surface area contributed by atoms with E-state index in [9.17, 15) is 31.1 Å². The molecule has 15 heteroatoms. The number of methoxy groups -OCH3 is 1. The Hall–Kier alpha value is -4.24. The molecule has 2 aromatic carbocycles. The standard InChI is InChI=1S/C32H26F6N4O3S2/c1-44-26-13-18(4-7-25(26)45-17-20-5-6-21(31(33,34)35)15-22(20)32(36,37)38)14-28-29(43)39-30(47-28)42-10-8-19(9-11-42)23-16-24(41-40-23)27-3-2-12-46-27/h2-7,12-16,19H,8-11,17H2,1H3,(H,40,41). The SMILES string of the molecule is COc1cc(C=C2SC(N3CCC(c4cc(-c5cccs5)n[nH]4)CC3)=NC2=O)ccc1OCc1ccc(C(F)(F)F)cc1C(F)(F)F. The summed E-state index contributed by atoms with van der Waals surface area (Å²) in [6.07, 6.45) is -6.57. The first-order valence-electron chi connectivity index (χ1n) is 14.3. The second-order valence-corrected chi connectivity index (χ2v) is 12.8. The van der Waals surface area contributed by atoms with E-state index in [1.54, 1.807) is 29.5 Å². The number of amidine groups is 1. The topological polar surface area (TPSA) is 79.8 Å². The summed E-state index contributed by atoms with van der Waals surface area (Å²) in [5, 5.41) is 10.3. The molecule has 4 aromatic rings. The molecule has 47 heavy (non-hydrogen) atoms. The lowest BCUT2D eigenvalue weighted by atomic mass is 9.93. The van der Waals surface area contributed by atoms with Gasteiger partial charge in [0.25, 0.3) is 5.91 Å². The van der Waals surface area contributed by atoms with Crippen LogP contribution in [0.4, 0.5) is 26.3 Å². The van der Waals surface area contributed by atoms with Crippen molar-refractivity contribution in [3.05, 3.63) is 92.8 Å². The Balaban J connectivity index is 1.09. The van der Waals surface area contributed by atoms with Crippen molar-refractivity contribution < 1.29 is 40.6 Å². The number of halogens is 6. The predicted molar refractivity (Wildman–Crippen MR) is 167 cm³/mol. The van der Waals surface area contributed by atoms with Gasteiger partial charge in [-0.05, 0) is 78.0 Å². The van der Waals surface area contributed by atoms with Gasteiger partial charge in [0.05, 0.1) is 28.0 Å². The minimum Gasteiger partial charge on any atom is -0.493 e. The molecule has 2 aliphatic heterocycles. The van der Waals surface area contributed by atoms with Gasteiger partial charge in [-0.2, -0.15) is 36.4 Å². The summed E-state index contributed by atoms with van der Waals surface area (Å²) in [6, 6.07) is 12.1. The molecule has 0 aliphatic carbocycles. The van der Waals surface area contributed by atoms with Crippen LogP contribution >= 0.6 is 23.1 Å². The van der Waals surface area contributed by atoms with Gasteiger partial charge in [0, 0.05) is 30.3 Å². The van der Waals surface area contributed by atoms with Gasteiger partial charge in [-0.3, -0.25) is 9.89 Å². The van der Waals surface area contributed by atoms with Gasteiger partial charge in [0.1, 0.15) is 12.3 Å². The molecule has 0 unspecified atom stereocenters. The van der Waals surface area contributed by atoms with E-state index >= 15 is 0 Å². The number of hydrogen-bond donors (Lipinski definition) is 1. The van der Waals surface area contributed by atoms with E-state index in [-0.39, 0.29) is 23.5 Å². The normalized spacial score (nSPS) is 17.0. The van der Waals surface area contributed by atoms with Gasteiger partial charge in [-0.15, -0.1) is 11.3 Å². The number of alkyl halides is 6. The summed E-state index contributed by atoms with van der Waals surface area (Å²) in [5.41, 5.74) is -0.724. The second-order valence-electron chi connectivity index (χ2n) is 10.8. The third-order valence-electron chi connectivity index (χ3n) is 7.80. The Bertz CT molecular complexity index is 1820. The van der Waals surface area contributed by atoms with Crippen molar-refractivity contribution in [1.29, 1.82) is 0 Å². The number of ether oxygens (including phenoxy) is 2. The van der Waals surface area contributed by atoms with Crippen LogP contribution in [0.1, 0.15) is 46.7 Å². The summed E-state index contributed by atoms with van der Waals surface area (Å²) in [6.45, 7) is 0.792. The lowest BCUT2D eigenvalue weighted by Gasteiger charge is -2.32. The Labute approximate surface area is 273 Å². The van der Waals surface area contributed by atoms with Gasteiger partial charge in [-0.25, -0.2) is 0 Å². The molecule has 7 nitrogen and oxygen atoms in total. The quantitative estimate of drug-likeness (QED) is 0.154. The van der Waals surface area contributed by atoms with Crippen LogP contribution in [-0.4, -0.2) is 46.4 Å². The molecule has 2 aliphatic rings. The van der Waals surface area contributed by atoms with Crippen LogP contribution in [0.25, 0.3) is 16.6 Å². The highest BCUT2D eigenvalue weighted by atomic mass is 32.2. The lowest BCUT2D eigenvalue weighted by Crippen LogP contribution is -2.35. The first kappa shape index (κ1) is 32.7. The number of aromatic nitrogens is 2. The molecule has 2 aromatic heterocycles. The Morgan fingerprint density at radius 2 is 1.79 bits per heavy atom. The van der Waals surface area contributed by atoms with Crippen molar-refractivity contribution in [3.63, 3.8) is 0 Å². The minimum absolute atomic E-state index is 0.0708. The fourth-order valence-electron chi connectivity index (χ4n) is 5.35. The number of aliphatic imine (C=N–C) groups is 1. The van der Waals surface area contributed by atoms with Crippen LogP contribution in [0, 0.1) is 0 Å². The summed E-state index contributed by atoms with van der Waals surface area (Å²) in [7, 11) is 1.34. The van der Waals surface area contributed by atoms with Crippen LogP contribution < -0.4 is 9.47 Å². The summed E-state index contributed by atoms with van der Waals surface area (Å²) in [4.78, 5) is 20.6. The van der Waals surface area contributed by atoms with Crippen molar-refractivity contribution in [1.82, 2.24) is 15.1 Å². The molecule has 0 bridgehead atoms. The first-order valence-corrected chi connectivity index (χ1v) is 16.0. The molecule has 0 spiro atoms. The van der Waals surface area contributed by atoms with E-state index in [4.69, 9.17) is 9.47 Å². The maximum Gasteiger partial charge on any atom is 0.416 e. The third kappa shape index (κ3) is 7.35. The van der Waals surface area contributed by atoms with E-state index in [1.807, 2.05) is 17.5 Å². The third-order valence-corrected chi connectivity index (χ3v) is 9.73. The number of H-pyrrole nitrogens is 1. The predicted octanol–water partition coefficient (Wildman–Crippen LogP) is 8.61. The molecule has 246 valence electrons. The highest BCUT2D eigenvalue weighted by Gasteiger charge is 2.38. The van der Waals surface area contributed by atoms with E-state index in [0.717, 1.165) is 48.3 Å². The Morgan fingerprint density at radius 1 is 1.00 bits per heavy atom. The van der Waals surface area contributed by atoms with Crippen molar-refractivity contribution in [2.24, 2.45) is 4.99 Å². The highest BCUT2D eigenvalue weighted by molar-refractivity contribution is 8.18. The number of piperidine rings is 1. The molecule has 1 fully saturated rings.